The zero-order chi connectivity index (χ0) is 25.0. The second-order valence-electron chi connectivity index (χ2n) is 8.81. The highest BCUT2D eigenvalue weighted by molar-refractivity contribution is 7.16. The van der Waals surface area contributed by atoms with Crippen molar-refractivity contribution < 1.29 is 4.79 Å². The average molecular weight is 501 g/mol. The fraction of sp³-hybridized carbons (Fsp3) is 0.0645. The van der Waals surface area contributed by atoms with Crippen LogP contribution >= 0.6 is 11.3 Å². The molecule has 6 rings (SSSR count). The number of hydrogen-bond acceptors (Lipinski definition) is 5. The molecule has 0 saturated heterocycles. The van der Waals surface area contributed by atoms with Gasteiger partial charge in [0.1, 0.15) is 5.70 Å². The number of rotatable bonds is 6. The lowest BCUT2D eigenvalue weighted by atomic mass is 10.1. The molecule has 1 aliphatic rings. The summed E-state index contributed by atoms with van der Waals surface area (Å²) in [5.74, 6) is 0.506. The van der Waals surface area contributed by atoms with E-state index in [0.29, 0.717) is 24.7 Å². The van der Waals surface area contributed by atoms with Gasteiger partial charge in [-0.2, -0.15) is 0 Å². The number of aromatic nitrogens is 1. The molecule has 0 spiro atoms. The van der Waals surface area contributed by atoms with Crippen molar-refractivity contribution in [2.45, 2.75) is 13.1 Å². The van der Waals surface area contributed by atoms with Gasteiger partial charge in [-0.1, -0.05) is 84.9 Å². The van der Waals surface area contributed by atoms with E-state index in [2.05, 4.69) is 40.2 Å². The first-order valence-electron chi connectivity index (χ1n) is 12.1. The van der Waals surface area contributed by atoms with Gasteiger partial charge in [0.2, 0.25) is 5.96 Å². The van der Waals surface area contributed by atoms with Crippen LogP contribution in [0.4, 0.5) is 5.69 Å². The Labute approximate surface area is 219 Å². The summed E-state index contributed by atoms with van der Waals surface area (Å²) >= 11 is 1.59. The highest BCUT2D eigenvalue weighted by atomic mass is 32.1. The van der Waals surface area contributed by atoms with E-state index in [1.165, 1.54) is 0 Å². The van der Waals surface area contributed by atoms with Crippen LogP contribution in [0.1, 0.15) is 16.7 Å². The summed E-state index contributed by atoms with van der Waals surface area (Å²) in [4.78, 5) is 27.0. The molecule has 0 atom stereocenters. The number of anilines is 1. The number of carbonyl (C=O) groups excluding carboxylic acids is 1. The number of benzene rings is 4. The van der Waals surface area contributed by atoms with E-state index in [-0.39, 0.29) is 5.91 Å². The second-order valence-corrected chi connectivity index (χ2v) is 9.69. The summed E-state index contributed by atoms with van der Waals surface area (Å²) in [6, 6.07) is 36.4. The van der Waals surface area contributed by atoms with Gasteiger partial charge >= 0.3 is 0 Å². The Morgan fingerprint density at radius 1 is 0.811 bits per heavy atom. The van der Waals surface area contributed by atoms with Crippen LogP contribution in [0.2, 0.25) is 0 Å². The monoisotopic (exact) mass is 500 g/mol. The molecule has 0 bridgehead atoms. The minimum atomic E-state index is -0.114. The summed E-state index contributed by atoms with van der Waals surface area (Å²) in [5, 5.41) is 0. The Kier molecular flexibility index (Phi) is 6.31. The van der Waals surface area contributed by atoms with Crippen LogP contribution in [0.15, 0.2) is 125 Å². The van der Waals surface area contributed by atoms with Crippen LogP contribution in [0.5, 0.6) is 0 Å². The molecule has 180 valence electrons. The maximum absolute atomic E-state index is 13.8. The van der Waals surface area contributed by atoms with Gasteiger partial charge in [-0.25, -0.2) is 9.98 Å². The predicted octanol–water partition coefficient (Wildman–Crippen LogP) is 6.74. The van der Waals surface area contributed by atoms with Gasteiger partial charge in [-0.15, -0.1) is 11.3 Å². The summed E-state index contributed by atoms with van der Waals surface area (Å²) in [6.07, 6.45) is 1.87. The Balaban J connectivity index is 1.44. The van der Waals surface area contributed by atoms with Gasteiger partial charge in [0.05, 0.1) is 28.8 Å². The largest absolute Gasteiger partial charge is 0.307 e. The summed E-state index contributed by atoms with van der Waals surface area (Å²) in [6.45, 7) is 1.02. The summed E-state index contributed by atoms with van der Waals surface area (Å²) in [7, 11) is 0. The van der Waals surface area contributed by atoms with E-state index < -0.39 is 0 Å². The average Bonchev–Trinajstić information content (AvgIpc) is 3.53. The highest BCUT2D eigenvalue weighted by Gasteiger charge is 2.34. The molecule has 1 aliphatic heterocycles. The fourth-order valence-corrected chi connectivity index (χ4v) is 5.15. The van der Waals surface area contributed by atoms with E-state index in [0.717, 1.165) is 32.6 Å². The first-order chi connectivity index (χ1) is 18.2. The number of amides is 1. The van der Waals surface area contributed by atoms with E-state index in [1.54, 1.807) is 16.2 Å². The molecule has 0 saturated carbocycles. The van der Waals surface area contributed by atoms with E-state index in [9.17, 15) is 4.79 Å². The molecule has 1 amide bonds. The van der Waals surface area contributed by atoms with Crippen LogP contribution < -0.4 is 4.90 Å². The Bertz CT molecular complexity index is 1590. The minimum absolute atomic E-state index is 0.114. The number of guanidine groups is 1. The molecule has 0 N–H and O–H groups in total. The van der Waals surface area contributed by atoms with Crippen molar-refractivity contribution >= 4 is 45.2 Å². The zero-order valence-corrected chi connectivity index (χ0v) is 20.9. The second kappa shape index (κ2) is 10.2. The lowest BCUT2D eigenvalue weighted by Crippen LogP contribution is -2.43. The lowest BCUT2D eigenvalue weighted by Gasteiger charge is -2.30. The number of aliphatic imine (C=N–C) groups is 1. The maximum atomic E-state index is 13.8. The molecule has 1 aromatic heterocycles. The van der Waals surface area contributed by atoms with Crippen molar-refractivity contribution in [3.8, 4) is 0 Å². The lowest BCUT2D eigenvalue weighted by molar-refractivity contribution is -0.123. The molecule has 0 fully saturated rings. The van der Waals surface area contributed by atoms with Gasteiger partial charge in [-0.05, 0) is 47.0 Å². The van der Waals surface area contributed by atoms with Crippen molar-refractivity contribution in [2.75, 3.05) is 4.90 Å². The third kappa shape index (κ3) is 4.92. The van der Waals surface area contributed by atoms with Gasteiger partial charge in [0.15, 0.2) is 0 Å². The van der Waals surface area contributed by atoms with Crippen molar-refractivity contribution in [1.82, 2.24) is 9.88 Å². The standard InChI is InChI=1S/C31H24N4OS/c36-30-28(18-25-16-17-27-29(19-25)37-22-32-27)33-31(35(30)21-24-12-6-2-7-13-24)34(26-14-8-3-9-15-26)20-23-10-4-1-5-11-23/h1-19,22H,20-21H2/b28-18-. The number of para-hydroxylation sites is 1. The molecule has 0 unspecified atom stereocenters. The molecule has 37 heavy (non-hydrogen) atoms. The molecule has 2 heterocycles. The molecule has 0 radical (unpaired) electrons. The van der Waals surface area contributed by atoms with Crippen LogP contribution in [0.3, 0.4) is 0 Å². The third-order valence-electron chi connectivity index (χ3n) is 6.26. The molecule has 4 aromatic carbocycles. The van der Waals surface area contributed by atoms with Gasteiger partial charge in [0.25, 0.3) is 5.91 Å². The fourth-order valence-electron chi connectivity index (χ4n) is 4.42. The number of fused-ring (bicyclic) bond motifs is 1. The molecule has 5 aromatic rings. The Hall–Kier alpha value is -4.55. The van der Waals surface area contributed by atoms with Crippen molar-refractivity contribution in [3.63, 3.8) is 0 Å². The van der Waals surface area contributed by atoms with Crippen LogP contribution in [-0.4, -0.2) is 21.8 Å². The van der Waals surface area contributed by atoms with E-state index in [4.69, 9.17) is 4.99 Å². The quantitative estimate of drug-likeness (QED) is 0.243. The zero-order valence-electron chi connectivity index (χ0n) is 20.1. The topological polar surface area (TPSA) is 48.8 Å². The van der Waals surface area contributed by atoms with Crippen molar-refractivity contribution in [2.24, 2.45) is 4.99 Å². The van der Waals surface area contributed by atoms with Crippen molar-refractivity contribution in [1.29, 1.82) is 0 Å². The first-order valence-corrected chi connectivity index (χ1v) is 13.0. The van der Waals surface area contributed by atoms with E-state index in [1.807, 2.05) is 90.4 Å². The first kappa shape index (κ1) is 22.9. The maximum Gasteiger partial charge on any atom is 0.279 e. The predicted molar refractivity (Wildman–Crippen MR) is 151 cm³/mol. The minimum Gasteiger partial charge on any atom is -0.307 e. The number of hydrogen-bond donors (Lipinski definition) is 0. The number of thiazole rings is 1. The molecule has 0 aliphatic carbocycles. The number of carbonyl (C=O) groups is 1. The van der Waals surface area contributed by atoms with Gasteiger partial charge < -0.3 is 4.90 Å². The molecular weight excluding hydrogens is 476 g/mol. The molecule has 6 heteroatoms. The van der Waals surface area contributed by atoms with Crippen LogP contribution in [0.25, 0.3) is 16.3 Å². The van der Waals surface area contributed by atoms with Crippen molar-refractivity contribution in [3.05, 3.63) is 137 Å². The van der Waals surface area contributed by atoms with Gasteiger partial charge in [0, 0.05) is 5.69 Å². The normalized spacial score (nSPS) is 14.4. The summed E-state index contributed by atoms with van der Waals surface area (Å²) in [5.41, 5.74) is 7.29. The molecule has 5 nitrogen and oxygen atoms in total. The SMILES string of the molecule is O=C1/C(=C/c2ccc3ncsc3c2)N=C(N(Cc2ccccc2)c2ccccc2)N1Cc1ccccc1. The highest BCUT2D eigenvalue weighted by Crippen LogP contribution is 2.28. The van der Waals surface area contributed by atoms with Gasteiger partial charge in [-0.3, -0.25) is 9.69 Å². The third-order valence-corrected chi connectivity index (χ3v) is 7.05. The number of nitrogens with zero attached hydrogens (tertiary/aromatic N) is 4. The molecular formula is C31H24N4OS. The van der Waals surface area contributed by atoms with E-state index >= 15 is 0 Å². The summed E-state index contributed by atoms with van der Waals surface area (Å²) < 4.78 is 1.08. The van der Waals surface area contributed by atoms with Crippen LogP contribution in [0, 0.1) is 0 Å². The smallest absolute Gasteiger partial charge is 0.279 e. The Morgan fingerprint density at radius 2 is 1.49 bits per heavy atom. The van der Waals surface area contributed by atoms with Crippen LogP contribution in [-0.2, 0) is 17.9 Å². The Morgan fingerprint density at radius 3 is 2.22 bits per heavy atom.